The van der Waals surface area contributed by atoms with E-state index in [9.17, 15) is 14.4 Å². The van der Waals surface area contributed by atoms with Crippen LogP contribution >= 0.6 is 11.8 Å². The minimum atomic E-state index is -0.271. The van der Waals surface area contributed by atoms with Crippen molar-refractivity contribution < 1.29 is 19.1 Å². The molecule has 32 heavy (non-hydrogen) atoms. The summed E-state index contributed by atoms with van der Waals surface area (Å²) in [5.41, 5.74) is 0.738. The number of hydrogen-bond acceptors (Lipinski definition) is 6. The highest BCUT2D eigenvalue weighted by molar-refractivity contribution is 7.98. The quantitative estimate of drug-likeness (QED) is 0.549. The van der Waals surface area contributed by atoms with Gasteiger partial charge in [0.15, 0.2) is 0 Å². The predicted octanol–water partition coefficient (Wildman–Crippen LogP) is 1.11. The van der Waals surface area contributed by atoms with Gasteiger partial charge in [-0.3, -0.25) is 14.5 Å². The monoisotopic (exact) mass is 461 g/mol. The number of amides is 4. The third-order valence-corrected chi connectivity index (χ3v) is 7.07. The lowest BCUT2D eigenvalue weighted by molar-refractivity contribution is -0.136. The van der Waals surface area contributed by atoms with Crippen LogP contribution in [0, 0.1) is 0 Å². The van der Waals surface area contributed by atoms with Crippen molar-refractivity contribution in [3.05, 3.63) is 24.3 Å². The average Bonchev–Trinajstić information content (AvgIpc) is 3.23. The van der Waals surface area contributed by atoms with Gasteiger partial charge in [-0.15, -0.1) is 11.8 Å². The van der Waals surface area contributed by atoms with Gasteiger partial charge in [-0.25, -0.2) is 4.79 Å². The highest BCUT2D eigenvalue weighted by Crippen LogP contribution is 2.26. The van der Waals surface area contributed by atoms with E-state index >= 15 is 0 Å². The first-order valence-corrected chi connectivity index (χ1v) is 12.4. The molecule has 3 aliphatic rings. The van der Waals surface area contributed by atoms with Gasteiger partial charge >= 0.3 is 6.03 Å². The Kier molecular flexibility index (Phi) is 7.54. The van der Waals surface area contributed by atoms with Crippen LogP contribution < -0.4 is 16.0 Å². The van der Waals surface area contributed by atoms with E-state index in [0.29, 0.717) is 58.7 Å². The minimum Gasteiger partial charge on any atom is -0.378 e. The molecule has 0 unspecified atom stereocenters. The third kappa shape index (κ3) is 5.54. The Balaban J connectivity index is 1.30. The van der Waals surface area contributed by atoms with Gasteiger partial charge in [-0.1, -0.05) is 6.07 Å². The molecule has 0 aromatic heterocycles. The van der Waals surface area contributed by atoms with Gasteiger partial charge in [0.05, 0.1) is 19.3 Å². The molecule has 9 nitrogen and oxygen atoms in total. The van der Waals surface area contributed by atoms with Crippen molar-refractivity contribution in [1.29, 1.82) is 0 Å². The van der Waals surface area contributed by atoms with E-state index in [1.165, 1.54) is 0 Å². The zero-order chi connectivity index (χ0) is 22.5. The van der Waals surface area contributed by atoms with Gasteiger partial charge in [0.2, 0.25) is 11.8 Å². The maximum atomic E-state index is 12.5. The van der Waals surface area contributed by atoms with E-state index in [4.69, 9.17) is 4.74 Å². The second-order valence-corrected chi connectivity index (χ2v) is 9.29. The molecule has 4 rings (SSSR count). The number of benzene rings is 1. The summed E-state index contributed by atoms with van der Waals surface area (Å²) < 4.78 is 5.32. The zero-order valence-electron chi connectivity index (χ0n) is 18.3. The van der Waals surface area contributed by atoms with E-state index < -0.39 is 0 Å². The van der Waals surface area contributed by atoms with Gasteiger partial charge in [-0.05, 0) is 37.3 Å². The van der Waals surface area contributed by atoms with Crippen LogP contribution in [0.25, 0.3) is 0 Å². The minimum absolute atomic E-state index is 0.00173. The number of nitrogens with one attached hydrogen (secondary N) is 3. The lowest BCUT2D eigenvalue weighted by atomic mass is 10.0. The maximum Gasteiger partial charge on any atom is 0.319 e. The van der Waals surface area contributed by atoms with Crippen molar-refractivity contribution in [2.45, 2.75) is 42.3 Å². The van der Waals surface area contributed by atoms with Crippen molar-refractivity contribution in [1.82, 2.24) is 20.4 Å². The van der Waals surface area contributed by atoms with E-state index in [-0.39, 0.29) is 36.0 Å². The van der Waals surface area contributed by atoms with Gasteiger partial charge in [0.25, 0.3) is 0 Å². The molecule has 3 saturated heterocycles. The fourth-order valence-electron chi connectivity index (χ4n) is 4.66. The molecule has 3 aliphatic heterocycles. The SMILES string of the molecule is CSc1cccc(NC(=O)N[C@H]2C[C@H]3C(=O)NC[C@@H](CCC(=O)N4CCOCC4)N3C2)c1. The summed E-state index contributed by atoms with van der Waals surface area (Å²) in [6.45, 7) is 3.62. The van der Waals surface area contributed by atoms with E-state index in [2.05, 4.69) is 20.9 Å². The molecule has 3 atom stereocenters. The molecular formula is C22H31N5O4S. The first kappa shape index (κ1) is 22.9. The van der Waals surface area contributed by atoms with Crippen molar-refractivity contribution in [2.75, 3.05) is 51.0 Å². The number of urea groups is 1. The number of anilines is 1. The summed E-state index contributed by atoms with van der Waals surface area (Å²) in [6.07, 6.45) is 3.70. The Labute approximate surface area is 192 Å². The standard InChI is InChI=1S/C22H31N5O4S/c1-32-18-4-2-3-15(11-18)24-22(30)25-16-12-19-21(29)23-13-17(27(19)14-16)5-6-20(28)26-7-9-31-10-8-26/h2-4,11,16-17,19H,5-10,12-14H2,1H3,(H,23,29)(H2,24,25,30)/t16-,17+,19-/m0/s1. The van der Waals surface area contributed by atoms with Crippen molar-refractivity contribution in [3.8, 4) is 0 Å². The number of rotatable bonds is 6. The Hall–Kier alpha value is -2.30. The predicted molar refractivity (Wildman–Crippen MR) is 123 cm³/mol. The van der Waals surface area contributed by atoms with E-state index in [1.807, 2.05) is 35.4 Å². The van der Waals surface area contributed by atoms with Gasteiger partial charge < -0.3 is 25.6 Å². The smallest absolute Gasteiger partial charge is 0.319 e. The zero-order valence-corrected chi connectivity index (χ0v) is 19.2. The van der Waals surface area contributed by atoms with Crippen LogP contribution in [0.2, 0.25) is 0 Å². The van der Waals surface area contributed by atoms with Crippen LogP contribution in [-0.4, -0.2) is 91.4 Å². The lowest BCUT2D eigenvalue weighted by Gasteiger charge is -2.37. The van der Waals surface area contributed by atoms with E-state index in [1.54, 1.807) is 11.8 Å². The second kappa shape index (κ2) is 10.5. The molecule has 10 heteroatoms. The first-order valence-electron chi connectivity index (χ1n) is 11.1. The molecule has 174 valence electrons. The molecule has 3 N–H and O–H groups in total. The number of morpholine rings is 1. The summed E-state index contributed by atoms with van der Waals surface area (Å²) in [7, 11) is 0. The normalized spacial score (nSPS) is 25.7. The van der Waals surface area contributed by atoms with Crippen molar-refractivity contribution in [2.24, 2.45) is 0 Å². The Bertz CT molecular complexity index is 847. The first-order chi connectivity index (χ1) is 15.5. The molecule has 0 spiro atoms. The van der Waals surface area contributed by atoms with Crippen molar-refractivity contribution in [3.63, 3.8) is 0 Å². The summed E-state index contributed by atoms with van der Waals surface area (Å²) in [5.74, 6) is 0.139. The molecule has 1 aromatic carbocycles. The highest BCUT2D eigenvalue weighted by Gasteiger charge is 2.43. The number of hydrogen-bond donors (Lipinski definition) is 3. The lowest BCUT2D eigenvalue weighted by Crippen LogP contribution is -2.58. The Morgan fingerprint density at radius 2 is 2.09 bits per heavy atom. The fourth-order valence-corrected chi connectivity index (χ4v) is 5.12. The van der Waals surface area contributed by atoms with Crippen LogP contribution in [0.3, 0.4) is 0 Å². The summed E-state index contributed by atoms with van der Waals surface area (Å²) in [4.78, 5) is 42.6. The molecule has 1 aromatic rings. The van der Waals surface area contributed by atoms with Crippen LogP contribution in [0.15, 0.2) is 29.2 Å². The molecule has 0 radical (unpaired) electrons. The molecule has 4 amide bonds. The number of carbonyl (C=O) groups excluding carboxylic acids is 3. The van der Waals surface area contributed by atoms with Crippen LogP contribution in [0.1, 0.15) is 19.3 Å². The van der Waals surface area contributed by atoms with Crippen LogP contribution in [0.4, 0.5) is 10.5 Å². The fraction of sp³-hybridized carbons (Fsp3) is 0.591. The van der Waals surface area contributed by atoms with Gasteiger partial charge in [-0.2, -0.15) is 0 Å². The molecule has 0 bridgehead atoms. The number of ether oxygens (including phenoxy) is 1. The van der Waals surface area contributed by atoms with Gasteiger partial charge in [0, 0.05) is 55.3 Å². The molecule has 0 aliphatic carbocycles. The van der Waals surface area contributed by atoms with E-state index in [0.717, 1.165) is 10.6 Å². The van der Waals surface area contributed by atoms with Crippen LogP contribution in [0.5, 0.6) is 0 Å². The van der Waals surface area contributed by atoms with Crippen molar-refractivity contribution >= 4 is 35.3 Å². The number of piperazine rings is 1. The number of thioether (sulfide) groups is 1. The summed E-state index contributed by atoms with van der Waals surface area (Å²) in [5, 5.41) is 8.87. The summed E-state index contributed by atoms with van der Waals surface area (Å²) >= 11 is 1.62. The Morgan fingerprint density at radius 1 is 1.28 bits per heavy atom. The topological polar surface area (TPSA) is 103 Å². The molecule has 3 fully saturated rings. The molecule has 3 heterocycles. The summed E-state index contributed by atoms with van der Waals surface area (Å²) in [6, 6.07) is 7.12. The number of fused-ring (bicyclic) bond motifs is 1. The average molecular weight is 462 g/mol. The largest absolute Gasteiger partial charge is 0.378 e. The van der Waals surface area contributed by atoms with Gasteiger partial charge in [0.1, 0.15) is 0 Å². The number of carbonyl (C=O) groups is 3. The molecule has 0 saturated carbocycles. The number of nitrogens with zero attached hydrogens (tertiary/aromatic N) is 2. The highest BCUT2D eigenvalue weighted by atomic mass is 32.2. The van der Waals surface area contributed by atoms with Crippen LogP contribution in [-0.2, 0) is 14.3 Å². The maximum absolute atomic E-state index is 12.5. The third-order valence-electron chi connectivity index (χ3n) is 6.34. The molecular weight excluding hydrogens is 430 g/mol. The Morgan fingerprint density at radius 3 is 2.88 bits per heavy atom. The second-order valence-electron chi connectivity index (χ2n) is 8.41.